The van der Waals surface area contributed by atoms with Gasteiger partial charge in [0.2, 0.25) is 0 Å². The van der Waals surface area contributed by atoms with Crippen LogP contribution in [0.25, 0.3) is 0 Å². The van der Waals surface area contributed by atoms with Crippen molar-refractivity contribution in [3.63, 3.8) is 0 Å². The Morgan fingerprint density at radius 2 is 1.63 bits per heavy atom. The van der Waals surface area contributed by atoms with Crippen molar-refractivity contribution < 1.29 is 13.9 Å². The fraction of sp³-hybridized carbons (Fsp3) is 0.143. The monoisotopic (exact) mass is 365 g/mol. The predicted molar refractivity (Wildman–Crippen MR) is 104 cm³/mol. The minimum atomic E-state index is -0.382. The minimum Gasteiger partial charge on any atom is -0.491 e. The number of anilines is 3. The van der Waals surface area contributed by atoms with Crippen LogP contribution in [0.5, 0.6) is 5.75 Å². The number of amides is 1. The quantitative estimate of drug-likeness (QED) is 0.645. The van der Waals surface area contributed by atoms with E-state index in [-0.39, 0.29) is 17.8 Å². The van der Waals surface area contributed by atoms with Crippen LogP contribution in [-0.4, -0.2) is 17.0 Å². The maximum absolute atomic E-state index is 12.9. The molecule has 0 fully saturated rings. The second-order valence-electron chi connectivity index (χ2n) is 6.21. The van der Waals surface area contributed by atoms with Crippen molar-refractivity contribution in [1.82, 2.24) is 4.98 Å². The zero-order valence-corrected chi connectivity index (χ0v) is 15.1. The van der Waals surface area contributed by atoms with Gasteiger partial charge in [-0.2, -0.15) is 0 Å². The Morgan fingerprint density at radius 1 is 0.963 bits per heavy atom. The molecule has 6 heteroatoms. The van der Waals surface area contributed by atoms with Crippen LogP contribution in [0.15, 0.2) is 66.9 Å². The molecule has 0 radical (unpaired) electrons. The van der Waals surface area contributed by atoms with E-state index in [2.05, 4.69) is 15.6 Å². The Bertz CT molecular complexity index is 892. The van der Waals surface area contributed by atoms with Crippen molar-refractivity contribution in [2.45, 2.75) is 20.0 Å². The summed E-state index contributed by atoms with van der Waals surface area (Å²) in [6.07, 6.45) is 1.68. The van der Waals surface area contributed by atoms with Crippen LogP contribution >= 0.6 is 0 Å². The highest BCUT2D eigenvalue weighted by Crippen LogP contribution is 2.20. The van der Waals surface area contributed by atoms with E-state index >= 15 is 0 Å². The Morgan fingerprint density at radius 3 is 2.22 bits per heavy atom. The van der Waals surface area contributed by atoms with Crippen LogP contribution in [0, 0.1) is 5.82 Å². The van der Waals surface area contributed by atoms with Crippen LogP contribution < -0.4 is 15.4 Å². The summed E-state index contributed by atoms with van der Waals surface area (Å²) < 4.78 is 18.5. The van der Waals surface area contributed by atoms with Crippen molar-refractivity contribution in [1.29, 1.82) is 0 Å². The number of carbonyl (C=O) groups is 1. The first-order valence-corrected chi connectivity index (χ1v) is 8.56. The van der Waals surface area contributed by atoms with Gasteiger partial charge in [-0.3, -0.25) is 4.79 Å². The van der Waals surface area contributed by atoms with Gasteiger partial charge in [-0.05, 0) is 74.5 Å². The average molecular weight is 365 g/mol. The van der Waals surface area contributed by atoms with Crippen molar-refractivity contribution in [2.24, 2.45) is 0 Å². The van der Waals surface area contributed by atoms with Crippen LogP contribution in [0.4, 0.5) is 21.6 Å². The number of nitrogens with one attached hydrogen (secondary N) is 2. The molecule has 1 amide bonds. The van der Waals surface area contributed by atoms with Gasteiger partial charge in [0.15, 0.2) is 0 Å². The summed E-state index contributed by atoms with van der Waals surface area (Å²) in [5, 5.41) is 5.91. The standard InChI is InChI=1S/C21H20FN3O2/c1-14(2)27-19-10-7-17(8-11-19)24-20-12-9-18(13-23-20)25-21(26)15-3-5-16(22)6-4-15/h3-14H,1-2H3,(H,23,24)(H,25,26). The lowest BCUT2D eigenvalue weighted by Gasteiger charge is -2.11. The Kier molecular flexibility index (Phi) is 5.66. The van der Waals surface area contributed by atoms with E-state index in [0.717, 1.165) is 11.4 Å². The van der Waals surface area contributed by atoms with E-state index in [4.69, 9.17) is 4.74 Å². The van der Waals surface area contributed by atoms with Crippen LogP contribution in [-0.2, 0) is 0 Å². The van der Waals surface area contributed by atoms with E-state index < -0.39 is 0 Å². The van der Waals surface area contributed by atoms with E-state index in [1.54, 1.807) is 18.3 Å². The number of rotatable bonds is 6. The van der Waals surface area contributed by atoms with Gasteiger partial charge < -0.3 is 15.4 Å². The molecule has 1 aromatic heterocycles. The van der Waals surface area contributed by atoms with E-state index in [1.165, 1.54) is 24.3 Å². The fourth-order valence-electron chi connectivity index (χ4n) is 2.38. The minimum absolute atomic E-state index is 0.128. The van der Waals surface area contributed by atoms with E-state index in [1.807, 2.05) is 38.1 Å². The Hall–Kier alpha value is -3.41. The van der Waals surface area contributed by atoms with Crippen molar-refractivity contribution in [2.75, 3.05) is 10.6 Å². The fourth-order valence-corrected chi connectivity index (χ4v) is 2.38. The number of benzene rings is 2. The van der Waals surface area contributed by atoms with Crippen LogP contribution in [0.2, 0.25) is 0 Å². The lowest BCUT2D eigenvalue weighted by atomic mass is 10.2. The number of halogens is 1. The molecule has 2 aromatic carbocycles. The number of pyridine rings is 1. The van der Waals surface area contributed by atoms with Crippen molar-refractivity contribution in [3.05, 3.63) is 78.2 Å². The van der Waals surface area contributed by atoms with Gasteiger partial charge in [0.1, 0.15) is 17.4 Å². The largest absolute Gasteiger partial charge is 0.491 e. The van der Waals surface area contributed by atoms with Gasteiger partial charge in [-0.1, -0.05) is 0 Å². The molecule has 0 saturated heterocycles. The third-order valence-electron chi connectivity index (χ3n) is 3.63. The summed E-state index contributed by atoms with van der Waals surface area (Å²) in [4.78, 5) is 16.4. The summed E-state index contributed by atoms with van der Waals surface area (Å²) >= 11 is 0. The normalized spacial score (nSPS) is 10.5. The summed E-state index contributed by atoms with van der Waals surface area (Å²) in [5.74, 6) is 0.750. The van der Waals surface area contributed by atoms with E-state index in [0.29, 0.717) is 17.1 Å². The maximum atomic E-state index is 12.9. The maximum Gasteiger partial charge on any atom is 0.255 e. The third-order valence-corrected chi connectivity index (χ3v) is 3.63. The number of nitrogens with zero attached hydrogens (tertiary/aromatic N) is 1. The van der Waals surface area contributed by atoms with Gasteiger partial charge in [-0.25, -0.2) is 9.37 Å². The molecule has 3 rings (SSSR count). The Balaban J connectivity index is 1.60. The average Bonchev–Trinajstić information content (AvgIpc) is 2.65. The topological polar surface area (TPSA) is 63.2 Å². The first-order valence-electron chi connectivity index (χ1n) is 8.56. The molecule has 5 nitrogen and oxygen atoms in total. The molecular formula is C21H20FN3O2. The molecule has 138 valence electrons. The summed E-state index contributed by atoms with van der Waals surface area (Å²) in [6, 6.07) is 16.5. The number of hydrogen-bond acceptors (Lipinski definition) is 4. The number of aromatic nitrogens is 1. The molecule has 27 heavy (non-hydrogen) atoms. The van der Waals surface area contributed by atoms with Gasteiger partial charge >= 0.3 is 0 Å². The zero-order valence-electron chi connectivity index (χ0n) is 15.1. The highest BCUT2D eigenvalue weighted by molar-refractivity contribution is 6.04. The molecular weight excluding hydrogens is 345 g/mol. The van der Waals surface area contributed by atoms with Gasteiger partial charge in [0, 0.05) is 11.3 Å². The van der Waals surface area contributed by atoms with Crippen molar-refractivity contribution >= 4 is 23.1 Å². The van der Waals surface area contributed by atoms with Crippen LogP contribution in [0.1, 0.15) is 24.2 Å². The molecule has 3 aromatic rings. The summed E-state index contributed by atoms with van der Waals surface area (Å²) in [7, 11) is 0. The molecule has 0 aliphatic heterocycles. The molecule has 0 spiro atoms. The predicted octanol–water partition coefficient (Wildman–Crippen LogP) is 5.00. The molecule has 0 bridgehead atoms. The van der Waals surface area contributed by atoms with Gasteiger partial charge in [-0.15, -0.1) is 0 Å². The molecule has 1 heterocycles. The second-order valence-corrected chi connectivity index (χ2v) is 6.21. The first-order chi connectivity index (χ1) is 13.0. The smallest absolute Gasteiger partial charge is 0.255 e. The van der Waals surface area contributed by atoms with Crippen LogP contribution in [0.3, 0.4) is 0 Å². The zero-order chi connectivity index (χ0) is 19.2. The molecule has 0 unspecified atom stereocenters. The Labute approximate surface area is 157 Å². The van der Waals surface area contributed by atoms with Crippen molar-refractivity contribution in [3.8, 4) is 5.75 Å². The number of ether oxygens (including phenoxy) is 1. The summed E-state index contributed by atoms with van der Waals surface area (Å²) in [5.41, 5.74) is 1.81. The van der Waals surface area contributed by atoms with E-state index in [9.17, 15) is 9.18 Å². The lowest BCUT2D eigenvalue weighted by Crippen LogP contribution is -2.12. The third kappa shape index (κ3) is 5.28. The second kappa shape index (κ2) is 8.31. The molecule has 0 saturated carbocycles. The van der Waals surface area contributed by atoms with Gasteiger partial charge in [0.25, 0.3) is 5.91 Å². The molecule has 0 aliphatic carbocycles. The van der Waals surface area contributed by atoms with Gasteiger partial charge in [0.05, 0.1) is 18.0 Å². The molecule has 0 atom stereocenters. The number of hydrogen-bond donors (Lipinski definition) is 2. The SMILES string of the molecule is CC(C)Oc1ccc(Nc2ccc(NC(=O)c3ccc(F)cc3)cn2)cc1. The lowest BCUT2D eigenvalue weighted by molar-refractivity contribution is 0.102. The number of carbonyl (C=O) groups excluding carboxylic acids is 1. The molecule has 0 aliphatic rings. The summed E-state index contributed by atoms with van der Waals surface area (Å²) in [6.45, 7) is 3.96. The highest BCUT2D eigenvalue weighted by atomic mass is 19.1. The first kappa shape index (κ1) is 18.4. The highest BCUT2D eigenvalue weighted by Gasteiger charge is 2.07. The molecule has 2 N–H and O–H groups in total.